The molecule has 0 saturated carbocycles. The normalized spacial score (nSPS) is 10.9. The fourth-order valence-corrected chi connectivity index (χ4v) is 2.16. The van der Waals surface area contributed by atoms with Crippen LogP contribution in [0.4, 0.5) is 13.2 Å². The van der Waals surface area contributed by atoms with Crippen molar-refractivity contribution in [3.8, 4) is 0 Å². The zero-order valence-electron chi connectivity index (χ0n) is 9.89. The molecular weight excluding hydrogens is 263 g/mol. The summed E-state index contributed by atoms with van der Waals surface area (Å²) >= 11 is 1.67. The van der Waals surface area contributed by atoms with Crippen molar-refractivity contribution in [3.05, 3.63) is 35.1 Å². The second kappa shape index (κ2) is 8.39. The standard InChI is InChI=1S/C12H16F3NOS/c13-10-7-12(15)11(14)6-9(10)8-16-2-5-18-4-1-3-17/h6-7,16-17H,1-5,8H2. The summed E-state index contributed by atoms with van der Waals surface area (Å²) in [4.78, 5) is 0. The molecule has 0 spiro atoms. The van der Waals surface area contributed by atoms with E-state index >= 15 is 0 Å². The molecule has 0 saturated heterocycles. The van der Waals surface area contributed by atoms with Crippen LogP contribution in [0.2, 0.25) is 0 Å². The number of hydrogen-bond acceptors (Lipinski definition) is 3. The van der Waals surface area contributed by atoms with E-state index < -0.39 is 17.5 Å². The highest BCUT2D eigenvalue weighted by Crippen LogP contribution is 2.13. The van der Waals surface area contributed by atoms with Crippen LogP contribution in [0.25, 0.3) is 0 Å². The number of halogens is 3. The molecule has 0 fully saturated rings. The predicted octanol–water partition coefficient (Wildman–Crippen LogP) is 2.31. The molecule has 1 aromatic carbocycles. The number of aliphatic hydroxyl groups excluding tert-OH is 1. The fourth-order valence-electron chi connectivity index (χ4n) is 1.34. The van der Waals surface area contributed by atoms with Crippen LogP contribution in [0, 0.1) is 17.5 Å². The smallest absolute Gasteiger partial charge is 0.161 e. The van der Waals surface area contributed by atoms with Gasteiger partial charge in [-0.2, -0.15) is 11.8 Å². The van der Waals surface area contributed by atoms with Gasteiger partial charge in [-0.25, -0.2) is 13.2 Å². The van der Waals surface area contributed by atoms with Crippen molar-refractivity contribution in [2.45, 2.75) is 13.0 Å². The van der Waals surface area contributed by atoms with Gasteiger partial charge in [0.15, 0.2) is 11.6 Å². The first kappa shape index (κ1) is 15.3. The van der Waals surface area contributed by atoms with Gasteiger partial charge >= 0.3 is 0 Å². The van der Waals surface area contributed by atoms with Crippen molar-refractivity contribution in [1.29, 1.82) is 0 Å². The van der Waals surface area contributed by atoms with E-state index in [4.69, 9.17) is 5.11 Å². The quantitative estimate of drug-likeness (QED) is 0.566. The van der Waals surface area contributed by atoms with Crippen molar-refractivity contribution in [2.24, 2.45) is 0 Å². The topological polar surface area (TPSA) is 32.3 Å². The Morgan fingerprint density at radius 1 is 1.06 bits per heavy atom. The molecule has 1 rings (SSSR count). The molecule has 0 radical (unpaired) electrons. The lowest BCUT2D eigenvalue weighted by Crippen LogP contribution is -2.18. The molecule has 0 unspecified atom stereocenters. The number of aliphatic hydroxyl groups is 1. The molecule has 0 heterocycles. The third kappa shape index (κ3) is 5.29. The van der Waals surface area contributed by atoms with E-state index in [2.05, 4.69) is 5.32 Å². The van der Waals surface area contributed by atoms with Gasteiger partial charge < -0.3 is 10.4 Å². The maximum absolute atomic E-state index is 13.2. The molecule has 1 aromatic rings. The zero-order valence-corrected chi connectivity index (χ0v) is 10.7. The van der Waals surface area contributed by atoms with E-state index in [0.29, 0.717) is 12.6 Å². The number of thioether (sulfide) groups is 1. The SMILES string of the molecule is OCCCSCCNCc1cc(F)c(F)cc1F. The molecule has 6 heteroatoms. The summed E-state index contributed by atoms with van der Waals surface area (Å²) in [6.07, 6.45) is 0.752. The molecule has 2 N–H and O–H groups in total. The van der Waals surface area contributed by atoms with E-state index in [1.807, 2.05) is 0 Å². The number of nitrogens with one attached hydrogen (secondary N) is 1. The van der Waals surface area contributed by atoms with Crippen LogP contribution in [0.1, 0.15) is 12.0 Å². The summed E-state index contributed by atoms with van der Waals surface area (Å²) in [5.41, 5.74) is 0.120. The Hall–Kier alpha value is -0.720. The summed E-state index contributed by atoms with van der Waals surface area (Å²) in [5.74, 6) is -1.25. The minimum Gasteiger partial charge on any atom is -0.396 e. The first-order valence-electron chi connectivity index (χ1n) is 5.68. The van der Waals surface area contributed by atoms with E-state index in [1.165, 1.54) is 0 Å². The highest BCUT2D eigenvalue weighted by Gasteiger charge is 2.08. The summed E-state index contributed by atoms with van der Waals surface area (Å²) < 4.78 is 38.8. The second-order valence-corrected chi connectivity index (χ2v) is 4.95. The molecule has 18 heavy (non-hydrogen) atoms. The van der Waals surface area contributed by atoms with Crippen LogP contribution in [-0.2, 0) is 6.54 Å². The Balaban J connectivity index is 2.25. The molecule has 0 atom stereocenters. The Morgan fingerprint density at radius 2 is 1.78 bits per heavy atom. The summed E-state index contributed by atoms with van der Waals surface area (Å²) in [6.45, 7) is 0.999. The minimum atomic E-state index is -1.17. The van der Waals surface area contributed by atoms with E-state index in [-0.39, 0.29) is 18.7 Å². The van der Waals surface area contributed by atoms with Crippen LogP contribution in [0.3, 0.4) is 0 Å². The molecule has 0 aromatic heterocycles. The van der Waals surface area contributed by atoms with Crippen molar-refractivity contribution >= 4 is 11.8 Å². The lowest BCUT2D eigenvalue weighted by atomic mass is 10.2. The van der Waals surface area contributed by atoms with E-state index in [1.54, 1.807) is 11.8 Å². The number of benzene rings is 1. The van der Waals surface area contributed by atoms with Crippen molar-refractivity contribution in [3.63, 3.8) is 0 Å². The van der Waals surface area contributed by atoms with Gasteiger partial charge in [-0.1, -0.05) is 0 Å². The minimum absolute atomic E-state index is 0.120. The molecule has 0 aliphatic heterocycles. The first-order chi connectivity index (χ1) is 8.65. The summed E-state index contributed by atoms with van der Waals surface area (Å²) in [6, 6.07) is 1.43. The monoisotopic (exact) mass is 279 g/mol. The Labute approximate surface area is 109 Å². The van der Waals surface area contributed by atoms with Crippen LogP contribution < -0.4 is 5.32 Å². The molecule has 102 valence electrons. The highest BCUT2D eigenvalue weighted by atomic mass is 32.2. The Bertz CT molecular complexity index is 377. The molecular formula is C12H16F3NOS. The van der Waals surface area contributed by atoms with Gasteiger partial charge in [0.05, 0.1) is 0 Å². The van der Waals surface area contributed by atoms with Crippen LogP contribution in [-0.4, -0.2) is 29.8 Å². The Kier molecular flexibility index (Phi) is 7.15. The van der Waals surface area contributed by atoms with Gasteiger partial charge in [0, 0.05) is 37.1 Å². The second-order valence-electron chi connectivity index (χ2n) is 3.72. The van der Waals surface area contributed by atoms with Crippen LogP contribution >= 0.6 is 11.8 Å². The number of rotatable bonds is 8. The van der Waals surface area contributed by atoms with Crippen molar-refractivity contribution in [2.75, 3.05) is 24.7 Å². The molecule has 0 amide bonds. The molecule has 0 bridgehead atoms. The zero-order chi connectivity index (χ0) is 13.4. The maximum atomic E-state index is 13.2. The van der Waals surface area contributed by atoms with Crippen LogP contribution in [0.15, 0.2) is 12.1 Å². The lowest BCUT2D eigenvalue weighted by molar-refractivity contribution is 0.296. The van der Waals surface area contributed by atoms with Gasteiger partial charge in [0.2, 0.25) is 0 Å². The third-order valence-corrected chi connectivity index (χ3v) is 3.34. The van der Waals surface area contributed by atoms with Gasteiger partial charge in [-0.3, -0.25) is 0 Å². The number of hydrogen-bond donors (Lipinski definition) is 2. The van der Waals surface area contributed by atoms with Crippen molar-refractivity contribution in [1.82, 2.24) is 5.32 Å². The van der Waals surface area contributed by atoms with Gasteiger partial charge in [0.1, 0.15) is 5.82 Å². The average molecular weight is 279 g/mol. The van der Waals surface area contributed by atoms with Gasteiger partial charge in [-0.05, 0) is 18.2 Å². The molecule has 0 aliphatic rings. The predicted molar refractivity (Wildman–Crippen MR) is 67.1 cm³/mol. The largest absolute Gasteiger partial charge is 0.396 e. The highest BCUT2D eigenvalue weighted by molar-refractivity contribution is 7.99. The first-order valence-corrected chi connectivity index (χ1v) is 6.83. The van der Waals surface area contributed by atoms with Gasteiger partial charge in [-0.15, -0.1) is 0 Å². The molecule has 0 aliphatic carbocycles. The van der Waals surface area contributed by atoms with E-state index in [0.717, 1.165) is 24.0 Å². The fraction of sp³-hybridized carbons (Fsp3) is 0.500. The van der Waals surface area contributed by atoms with Crippen LogP contribution in [0.5, 0.6) is 0 Å². The Morgan fingerprint density at radius 3 is 2.50 bits per heavy atom. The van der Waals surface area contributed by atoms with Gasteiger partial charge in [0.25, 0.3) is 0 Å². The maximum Gasteiger partial charge on any atom is 0.161 e. The van der Waals surface area contributed by atoms with Crippen molar-refractivity contribution < 1.29 is 18.3 Å². The lowest BCUT2D eigenvalue weighted by Gasteiger charge is -2.06. The summed E-state index contributed by atoms with van der Waals surface area (Å²) in [5, 5.41) is 11.5. The third-order valence-electron chi connectivity index (χ3n) is 2.27. The molecule has 2 nitrogen and oxygen atoms in total. The average Bonchev–Trinajstić information content (AvgIpc) is 2.34. The summed E-state index contributed by atoms with van der Waals surface area (Å²) in [7, 11) is 0. The van der Waals surface area contributed by atoms with E-state index in [9.17, 15) is 13.2 Å².